The topological polar surface area (TPSA) is 75.4 Å². The second-order valence-corrected chi connectivity index (χ2v) is 5.53. The van der Waals surface area contributed by atoms with E-state index in [0.29, 0.717) is 0 Å². The molecule has 1 aliphatic carbocycles. The van der Waals surface area contributed by atoms with Crippen LogP contribution in [0.5, 0.6) is 0 Å². The van der Waals surface area contributed by atoms with E-state index in [-0.39, 0.29) is 24.4 Å². The normalized spacial score (nSPS) is 23.8. The Morgan fingerprint density at radius 1 is 1.35 bits per heavy atom. The van der Waals surface area contributed by atoms with Gasteiger partial charge in [0.05, 0.1) is 12.5 Å². The van der Waals surface area contributed by atoms with E-state index in [2.05, 4.69) is 11.4 Å². The van der Waals surface area contributed by atoms with Crippen molar-refractivity contribution in [3.8, 4) is 0 Å². The molecule has 1 aromatic carbocycles. The molecule has 0 spiro atoms. The van der Waals surface area contributed by atoms with Gasteiger partial charge in [0.15, 0.2) is 0 Å². The van der Waals surface area contributed by atoms with Crippen LogP contribution in [0.4, 0.5) is 0 Å². The molecule has 0 aromatic heterocycles. The molecule has 2 aliphatic rings. The number of fused-ring (bicyclic) bond motifs is 1. The van der Waals surface area contributed by atoms with E-state index in [1.54, 1.807) is 4.90 Å². The van der Waals surface area contributed by atoms with Crippen LogP contribution in [0.25, 0.3) is 0 Å². The highest BCUT2D eigenvalue weighted by molar-refractivity contribution is 5.90. The molecule has 5 heteroatoms. The van der Waals surface area contributed by atoms with E-state index in [0.717, 1.165) is 31.5 Å². The van der Waals surface area contributed by atoms with Gasteiger partial charge in [0.25, 0.3) is 0 Å². The van der Waals surface area contributed by atoms with Crippen molar-refractivity contribution in [2.75, 3.05) is 19.6 Å². The molecule has 2 amide bonds. The number of primary amides is 1. The zero-order valence-electron chi connectivity index (χ0n) is 11.3. The Hall–Kier alpha value is -1.88. The Balaban J connectivity index is 1.78. The van der Waals surface area contributed by atoms with Crippen LogP contribution in [0.2, 0.25) is 0 Å². The first-order valence-electron chi connectivity index (χ1n) is 7.04. The Bertz CT molecular complexity index is 538. The first-order valence-corrected chi connectivity index (χ1v) is 7.04. The van der Waals surface area contributed by atoms with Crippen LogP contribution >= 0.6 is 0 Å². The van der Waals surface area contributed by atoms with Gasteiger partial charge in [0, 0.05) is 12.6 Å². The minimum atomic E-state index is -0.446. The maximum Gasteiger partial charge on any atom is 0.237 e. The Labute approximate surface area is 118 Å². The molecule has 106 valence electrons. The summed E-state index contributed by atoms with van der Waals surface area (Å²) in [6.07, 6.45) is 1.65. The first-order chi connectivity index (χ1) is 9.66. The van der Waals surface area contributed by atoms with Gasteiger partial charge in [-0.3, -0.25) is 9.59 Å². The van der Waals surface area contributed by atoms with Crippen molar-refractivity contribution in [2.45, 2.75) is 24.8 Å². The summed E-state index contributed by atoms with van der Waals surface area (Å²) in [5.74, 6) is -0.514. The molecule has 1 aliphatic heterocycles. The third-order valence-corrected chi connectivity index (χ3v) is 4.24. The quantitative estimate of drug-likeness (QED) is 0.811. The third kappa shape index (κ3) is 2.29. The number of carbonyl (C=O) groups excluding carboxylic acids is 2. The molecular formula is C15H19N3O2. The highest BCUT2D eigenvalue weighted by Gasteiger charge is 2.38. The average molecular weight is 273 g/mol. The van der Waals surface area contributed by atoms with Crippen LogP contribution in [-0.2, 0) is 16.0 Å². The Kier molecular flexibility index (Phi) is 3.44. The van der Waals surface area contributed by atoms with E-state index in [1.165, 1.54) is 5.56 Å². The lowest BCUT2D eigenvalue weighted by molar-refractivity contribution is -0.139. The predicted octanol–water partition coefficient (Wildman–Crippen LogP) is 0.00210. The molecule has 1 saturated heterocycles. The number of hydrogen-bond donors (Lipinski definition) is 2. The fourth-order valence-corrected chi connectivity index (χ4v) is 3.14. The lowest BCUT2D eigenvalue weighted by atomic mass is 9.76. The molecule has 20 heavy (non-hydrogen) atoms. The van der Waals surface area contributed by atoms with Crippen LogP contribution < -0.4 is 11.1 Å². The van der Waals surface area contributed by atoms with Gasteiger partial charge in [0.2, 0.25) is 11.8 Å². The van der Waals surface area contributed by atoms with Crippen molar-refractivity contribution in [2.24, 2.45) is 5.73 Å². The molecular weight excluding hydrogens is 254 g/mol. The summed E-state index contributed by atoms with van der Waals surface area (Å²) >= 11 is 0. The summed E-state index contributed by atoms with van der Waals surface area (Å²) in [5, 5.41) is 3.23. The van der Waals surface area contributed by atoms with Crippen LogP contribution in [0.15, 0.2) is 24.3 Å². The third-order valence-electron chi connectivity index (χ3n) is 4.24. The van der Waals surface area contributed by atoms with E-state index in [1.807, 2.05) is 18.2 Å². The van der Waals surface area contributed by atoms with E-state index < -0.39 is 5.91 Å². The van der Waals surface area contributed by atoms with Gasteiger partial charge in [-0.1, -0.05) is 24.3 Å². The van der Waals surface area contributed by atoms with Crippen molar-refractivity contribution in [1.29, 1.82) is 0 Å². The zero-order chi connectivity index (χ0) is 14.1. The number of benzene rings is 1. The molecule has 0 bridgehead atoms. The molecule has 1 aromatic rings. The zero-order valence-corrected chi connectivity index (χ0v) is 11.3. The van der Waals surface area contributed by atoms with E-state index in [4.69, 9.17) is 5.73 Å². The van der Waals surface area contributed by atoms with E-state index in [9.17, 15) is 9.59 Å². The second kappa shape index (κ2) is 5.25. The number of nitrogens with one attached hydrogen (secondary N) is 1. The van der Waals surface area contributed by atoms with Crippen LogP contribution in [0, 0.1) is 0 Å². The van der Waals surface area contributed by atoms with Gasteiger partial charge < -0.3 is 16.0 Å². The van der Waals surface area contributed by atoms with Gasteiger partial charge in [0.1, 0.15) is 0 Å². The summed E-state index contributed by atoms with van der Waals surface area (Å²) in [6, 6.07) is 8.07. The van der Waals surface area contributed by atoms with Gasteiger partial charge in [-0.2, -0.15) is 0 Å². The molecule has 1 heterocycles. The van der Waals surface area contributed by atoms with Gasteiger partial charge in [-0.15, -0.1) is 0 Å². The molecule has 3 rings (SSSR count). The highest BCUT2D eigenvalue weighted by atomic mass is 16.2. The SMILES string of the molecule is NC(=O)CN(C(=O)C1Cc2ccccc21)C1CCNC1. The smallest absolute Gasteiger partial charge is 0.237 e. The monoisotopic (exact) mass is 273 g/mol. The summed E-state index contributed by atoms with van der Waals surface area (Å²) < 4.78 is 0. The van der Waals surface area contributed by atoms with Crippen molar-refractivity contribution in [3.05, 3.63) is 35.4 Å². The number of nitrogens with zero attached hydrogens (tertiary/aromatic N) is 1. The fraction of sp³-hybridized carbons (Fsp3) is 0.467. The van der Waals surface area contributed by atoms with Gasteiger partial charge in [-0.25, -0.2) is 0 Å². The molecule has 0 radical (unpaired) electrons. The largest absolute Gasteiger partial charge is 0.368 e. The van der Waals surface area contributed by atoms with Crippen molar-refractivity contribution >= 4 is 11.8 Å². The van der Waals surface area contributed by atoms with E-state index >= 15 is 0 Å². The number of rotatable bonds is 4. The lowest BCUT2D eigenvalue weighted by Gasteiger charge is -2.36. The summed E-state index contributed by atoms with van der Waals surface area (Å²) in [4.78, 5) is 25.6. The molecule has 0 saturated carbocycles. The van der Waals surface area contributed by atoms with Crippen LogP contribution in [0.3, 0.4) is 0 Å². The van der Waals surface area contributed by atoms with Gasteiger partial charge >= 0.3 is 0 Å². The highest BCUT2D eigenvalue weighted by Crippen LogP contribution is 2.36. The molecule has 1 fully saturated rings. The molecule has 2 atom stereocenters. The maximum atomic E-state index is 12.7. The van der Waals surface area contributed by atoms with Crippen molar-refractivity contribution in [1.82, 2.24) is 10.2 Å². The number of hydrogen-bond acceptors (Lipinski definition) is 3. The molecule has 5 nitrogen and oxygen atoms in total. The van der Waals surface area contributed by atoms with Crippen LogP contribution in [0.1, 0.15) is 23.5 Å². The molecule has 2 unspecified atom stereocenters. The van der Waals surface area contributed by atoms with Crippen LogP contribution in [-0.4, -0.2) is 42.4 Å². The van der Waals surface area contributed by atoms with Gasteiger partial charge in [-0.05, 0) is 30.5 Å². The molecule has 3 N–H and O–H groups in total. The second-order valence-electron chi connectivity index (χ2n) is 5.53. The first kappa shape index (κ1) is 13.1. The standard InChI is InChI=1S/C15H19N3O2/c16-14(19)9-18(11-5-6-17-8-11)15(20)13-7-10-3-1-2-4-12(10)13/h1-4,11,13,17H,5-9H2,(H2,16,19). The summed E-state index contributed by atoms with van der Waals surface area (Å²) in [7, 11) is 0. The maximum absolute atomic E-state index is 12.7. The predicted molar refractivity (Wildman–Crippen MR) is 75.1 cm³/mol. The minimum Gasteiger partial charge on any atom is -0.368 e. The lowest BCUT2D eigenvalue weighted by Crippen LogP contribution is -2.49. The summed E-state index contributed by atoms with van der Waals surface area (Å²) in [5.41, 5.74) is 7.63. The number of amides is 2. The Morgan fingerprint density at radius 2 is 2.15 bits per heavy atom. The average Bonchev–Trinajstić information content (AvgIpc) is 2.90. The van der Waals surface area contributed by atoms with Crippen molar-refractivity contribution in [3.63, 3.8) is 0 Å². The number of nitrogens with two attached hydrogens (primary N) is 1. The minimum absolute atomic E-state index is 0.0177. The Morgan fingerprint density at radius 3 is 2.80 bits per heavy atom. The fourth-order valence-electron chi connectivity index (χ4n) is 3.14. The summed E-state index contributed by atoms with van der Waals surface area (Å²) in [6.45, 7) is 1.64. The van der Waals surface area contributed by atoms with Crippen molar-refractivity contribution < 1.29 is 9.59 Å². The number of carbonyl (C=O) groups is 2.